The molecule has 0 saturated heterocycles. The number of hydrogen-bond donors (Lipinski definition) is 2. The maximum atomic E-state index is 11.9. The molecule has 6 heteroatoms. The predicted octanol–water partition coefficient (Wildman–Crippen LogP) is 1.33. The monoisotopic (exact) mass is 301 g/mol. The molecular weight excluding hydrogens is 282 g/mol. The van der Waals surface area contributed by atoms with Gasteiger partial charge in [0.15, 0.2) is 0 Å². The molecule has 0 aliphatic rings. The number of rotatable bonds is 7. The average Bonchev–Trinajstić information content (AvgIpc) is 3.03. The van der Waals surface area contributed by atoms with Crippen LogP contribution in [0.1, 0.15) is 35.4 Å². The van der Waals surface area contributed by atoms with E-state index in [0.29, 0.717) is 13.0 Å². The molecule has 116 valence electrons. The summed E-state index contributed by atoms with van der Waals surface area (Å²) in [6.45, 7) is 2.76. The summed E-state index contributed by atoms with van der Waals surface area (Å²) in [6.07, 6.45) is 2.60. The summed E-state index contributed by atoms with van der Waals surface area (Å²) in [5.41, 5.74) is 1.05. The fourth-order valence-electron chi connectivity index (χ4n) is 2.03. The Balaban J connectivity index is 1.81. The Kier molecular flexibility index (Phi) is 5.43. The van der Waals surface area contributed by atoms with Crippen LogP contribution in [0.25, 0.3) is 0 Å². The van der Waals surface area contributed by atoms with Gasteiger partial charge in [-0.05, 0) is 18.9 Å². The van der Waals surface area contributed by atoms with Crippen LogP contribution in [0.4, 0.5) is 0 Å². The van der Waals surface area contributed by atoms with Crippen LogP contribution in [0.5, 0.6) is 0 Å². The fraction of sp³-hybridized carbons (Fsp3) is 0.312. The number of aliphatic hydroxyl groups excluding tert-OH is 1. The lowest BCUT2D eigenvalue weighted by atomic mass is 10.1. The fourth-order valence-corrected chi connectivity index (χ4v) is 2.03. The molecule has 22 heavy (non-hydrogen) atoms. The molecule has 2 rings (SSSR count). The molecule has 0 aliphatic carbocycles. The lowest BCUT2D eigenvalue weighted by Crippen LogP contribution is -2.32. The Morgan fingerprint density at radius 2 is 2.05 bits per heavy atom. The standard InChI is InChI=1S/C16H19N3O3/c1-2-19-11-13(10-18-19)15(21)16(22)17-9-8-14(20)12-6-4-3-5-7-12/h3-7,10-11,14,20H,2,8-9H2,1H3,(H,17,22). The third-order valence-corrected chi connectivity index (χ3v) is 3.31. The van der Waals surface area contributed by atoms with Crippen molar-refractivity contribution in [3.05, 3.63) is 53.9 Å². The molecule has 1 aromatic carbocycles. The number of amides is 1. The minimum absolute atomic E-state index is 0.225. The van der Waals surface area contributed by atoms with Crippen molar-refractivity contribution >= 4 is 11.7 Å². The molecule has 2 aromatic rings. The van der Waals surface area contributed by atoms with E-state index in [1.54, 1.807) is 10.9 Å². The van der Waals surface area contributed by atoms with E-state index in [-0.39, 0.29) is 12.1 Å². The lowest BCUT2D eigenvalue weighted by Gasteiger charge is -2.11. The minimum atomic E-state index is -0.684. The van der Waals surface area contributed by atoms with Crippen LogP contribution in [0, 0.1) is 0 Å². The van der Waals surface area contributed by atoms with Gasteiger partial charge in [-0.3, -0.25) is 14.3 Å². The Morgan fingerprint density at radius 3 is 2.68 bits per heavy atom. The first-order valence-electron chi connectivity index (χ1n) is 7.19. The highest BCUT2D eigenvalue weighted by molar-refractivity contribution is 6.42. The molecule has 0 radical (unpaired) electrons. The molecule has 0 fully saturated rings. The first-order valence-corrected chi connectivity index (χ1v) is 7.19. The predicted molar refractivity (Wildman–Crippen MR) is 81.3 cm³/mol. The topological polar surface area (TPSA) is 84.2 Å². The molecule has 1 unspecified atom stereocenters. The molecule has 0 bridgehead atoms. The summed E-state index contributed by atoms with van der Waals surface area (Å²) in [5, 5.41) is 16.5. The van der Waals surface area contributed by atoms with E-state index in [4.69, 9.17) is 0 Å². The SMILES string of the molecule is CCn1cc(C(=O)C(=O)NCCC(O)c2ccccc2)cn1. The van der Waals surface area contributed by atoms with Crippen molar-refractivity contribution in [2.75, 3.05) is 6.54 Å². The Hall–Kier alpha value is -2.47. The number of Topliss-reactive ketones (excluding diaryl/α,β-unsaturated/α-hetero) is 1. The van der Waals surface area contributed by atoms with Gasteiger partial charge in [-0.25, -0.2) is 0 Å². The van der Waals surface area contributed by atoms with Gasteiger partial charge in [-0.15, -0.1) is 0 Å². The highest BCUT2D eigenvalue weighted by atomic mass is 16.3. The van der Waals surface area contributed by atoms with Crippen molar-refractivity contribution in [1.82, 2.24) is 15.1 Å². The minimum Gasteiger partial charge on any atom is -0.388 e. The van der Waals surface area contributed by atoms with Crippen LogP contribution in [-0.4, -0.2) is 33.1 Å². The number of carbonyl (C=O) groups is 2. The van der Waals surface area contributed by atoms with Gasteiger partial charge >= 0.3 is 0 Å². The highest BCUT2D eigenvalue weighted by Crippen LogP contribution is 2.14. The van der Waals surface area contributed by atoms with Crippen molar-refractivity contribution in [3.8, 4) is 0 Å². The smallest absolute Gasteiger partial charge is 0.292 e. The summed E-state index contributed by atoms with van der Waals surface area (Å²) in [5.74, 6) is -1.30. The van der Waals surface area contributed by atoms with Gasteiger partial charge in [-0.1, -0.05) is 30.3 Å². The van der Waals surface area contributed by atoms with Gasteiger partial charge in [0.1, 0.15) is 0 Å². The zero-order valence-corrected chi connectivity index (χ0v) is 12.4. The Morgan fingerprint density at radius 1 is 1.32 bits per heavy atom. The third kappa shape index (κ3) is 4.02. The summed E-state index contributed by atoms with van der Waals surface area (Å²) in [4.78, 5) is 23.7. The largest absolute Gasteiger partial charge is 0.388 e. The van der Waals surface area contributed by atoms with E-state index >= 15 is 0 Å². The van der Waals surface area contributed by atoms with Gasteiger partial charge in [0.25, 0.3) is 11.7 Å². The maximum Gasteiger partial charge on any atom is 0.292 e. The second kappa shape index (κ2) is 7.51. The van der Waals surface area contributed by atoms with Gasteiger partial charge in [-0.2, -0.15) is 5.10 Å². The van der Waals surface area contributed by atoms with Crippen molar-refractivity contribution in [2.24, 2.45) is 0 Å². The Labute approximate surface area is 128 Å². The number of nitrogens with one attached hydrogen (secondary N) is 1. The number of aliphatic hydroxyl groups is 1. The molecule has 1 amide bonds. The number of carbonyl (C=O) groups excluding carboxylic acids is 2. The van der Waals surface area contributed by atoms with Crippen LogP contribution in [0.3, 0.4) is 0 Å². The van der Waals surface area contributed by atoms with E-state index in [1.807, 2.05) is 37.3 Å². The van der Waals surface area contributed by atoms with Crippen molar-refractivity contribution in [1.29, 1.82) is 0 Å². The molecule has 1 atom stereocenters. The molecule has 0 saturated carbocycles. The number of hydrogen-bond acceptors (Lipinski definition) is 4. The van der Waals surface area contributed by atoms with Crippen LogP contribution in [0.15, 0.2) is 42.7 Å². The van der Waals surface area contributed by atoms with E-state index in [1.165, 1.54) is 6.20 Å². The van der Waals surface area contributed by atoms with Gasteiger partial charge < -0.3 is 10.4 Å². The van der Waals surface area contributed by atoms with Gasteiger partial charge in [0.05, 0.1) is 17.9 Å². The molecule has 1 heterocycles. The zero-order valence-electron chi connectivity index (χ0n) is 12.4. The third-order valence-electron chi connectivity index (χ3n) is 3.31. The summed E-state index contributed by atoms with van der Waals surface area (Å²) in [6, 6.07) is 9.18. The van der Waals surface area contributed by atoms with Crippen LogP contribution < -0.4 is 5.32 Å². The van der Waals surface area contributed by atoms with Crippen molar-refractivity contribution in [3.63, 3.8) is 0 Å². The number of aromatic nitrogens is 2. The Bertz CT molecular complexity index is 637. The highest BCUT2D eigenvalue weighted by Gasteiger charge is 2.18. The average molecular weight is 301 g/mol. The molecule has 2 N–H and O–H groups in total. The van der Waals surface area contributed by atoms with Crippen LogP contribution in [-0.2, 0) is 11.3 Å². The first kappa shape index (κ1) is 15.9. The molecule has 6 nitrogen and oxygen atoms in total. The van der Waals surface area contributed by atoms with Gasteiger partial charge in [0.2, 0.25) is 0 Å². The molecule has 0 aliphatic heterocycles. The first-order chi connectivity index (χ1) is 10.6. The summed E-state index contributed by atoms with van der Waals surface area (Å²) >= 11 is 0. The van der Waals surface area contributed by atoms with Crippen molar-refractivity contribution in [2.45, 2.75) is 26.0 Å². The summed E-state index contributed by atoms with van der Waals surface area (Å²) < 4.78 is 1.58. The lowest BCUT2D eigenvalue weighted by molar-refractivity contribution is -0.117. The normalized spacial score (nSPS) is 11.9. The van der Waals surface area contributed by atoms with Crippen LogP contribution in [0.2, 0.25) is 0 Å². The van der Waals surface area contributed by atoms with E-state index in [0.717, 1.165) is 5.56 Å². The summed E-state index contributed by atoms with van der Waals surface area (Å²) in [7, 11) is 0. The number of benzene rings is 1. The van der Waals surface area contributed by atoms with Gasteiger partial charge in [0, 0.05) is 19.3 Å². The number of ketones is 1. The number of nitrogens with zero attached hydrogens (tertiary/aromatic N) is 2. The second-order valence-electron chi connectivity index (χ2n) is 4.88. The maximum absolute atomic E-state index is 11.9. The second-order valence-corrected chi connectivity index (χ2v) is 4.88. The van der Waals surface area contributed by atoms with Crippen LogP contribution >= 0.6 is 0 Å². The van der Waals surface area contributed by atoms with Crippen molar-refractivity contribution < 1.29 is 14.7 Å². The molecule has 1 aromatic heterocycles. The molecule has 0 spiro atoms. The number of aryl methyl sites for hydroxylation is 1. The van der Waals surface area contributed by atoms with E-state index in [2.05, 4.69) is 10.4 Å². The van der Waals surface area contributed by atoms with E-state index in [9.17, 15) is 14.7 Å². The van der Waals surface area contributed by atoms with E-state index < -0.39 is 17.8 Å². The quantitative estimate of drug-likeness (QED) is 0.597. The molecular formula is C16H19N3O3. The zero-order chi connectivity index (χ0) is 15.9.